The summed E-state index contributed by atoms with van der Waals surface area (Å²) in [5, 5.41) is 8.40. The molecule has 2 heterocycles. The highest BCUT2D eigenvalue weighted by Gasteiger charge is 2.66. The fraction of sp³-hybridized carbons (Fsp3) is 0.300. The minimum Gasteiger partial charge on any atom is -0.366 e. The summed E-state index contributed by atoms with van der Waals surface area (Å²) in [5.41, 5.74) is 4.19. The van der Waals surface area contributed by atoms with Gasteiger partial charge >= 0.3 is 0 Å². The second-order valence-corrected chi connectivity index (χ2v) is 12.4. The summed E-state index contributed by atoms with van der Waals surface area (Å²) >= 11 is 12.3. The molecule has 1 fully saturated rings. The molecule has 0 aromatic heterocycles. The lowest BCUT2D eigenvalue weighted by atomic mass is 9.62. The summed E-state index contributed by atoms with van der Waals surface area (Å²) in [4.78, 5) is 39.6. The minimum absolute atomic E-state index is 0.0315. The van der Waals surface area contributed by atoms with E-state index in [1.165, 1.54) is 42.5 Å². The second-order valence-electron chi connectivity index (χ2n) is 11.6. The van der Waals surface area contributed by atoms with Gasteiger partial charge in [-0.25, -0.2) is 8.78 Å². The standard InChI is InChI=1S/C30H28Cl2F2N4O3/c1-29(2,3)13-20-30(17-11-12-19(32)23(34)24(17)38-28(30)41)21(16-5-4-6-18(31)22(16)33)25(37-20)27(40)36-15-9-7-14(8-10-15)26(35)39/h4-12,20-21,25,37H,13H2,1-3H3,(H2,35,39)(H,36,40)(H,38,41)/t20-,21+,25+,30?/m0/s1. The van der Waals surface area contributed by atoms with E-state index < -0.39 is 52.8 Å². The van der Waals surface area contributed by atoms with Crippen LogP contribution < -0.4 is 21.7 Å². The number of rotatable bonds is 5. The Labute approximate surface area is 245 Å². The van der Waals surface area contributed by atoms with Crippen molar-refractivity contribution in [2.24, 2.45) is 11.1 Å². The summed E-state index contributed by atoms with van der Waals surface area (Å²) < 4.78 is 31.1. The lowest BCUT2D eigenvalue weighted by Crippen LogP contribution is -2.49. The van der Waals surface area contributed by atoms with E-state index in [1.807, 2.05) is 20.8 Å². The van der Waals surface area contributed by atoms with Crippen LogP contribution in [0.25, 0.3) is 0 Å². The van der Waals surface area contributed by atoms with Gasteiger partial charge in [-0.1, -0.05) is 62.2 Å². The molecule has 5 N–H and O–H groups in total. The normalized spacial score (nSPS) is 23.4. The Bertz CT molecular complexity index is 1580. The molecule has 3 aromatic rings. The first-order valence-electron chi connectivity index (χ1n) is 13.0. The number of hydrogen-bond acceptors (Lipinski definition) is 4. The van der Waals surface area contributed by atoms with Gasteiger partial charge in [-0.3, -0.25) is 14.4 Å². The predicted molar refractivity (Wildman–Crippen MR) is 154 cm³/mol. The number of halogens is 4. The maximum Gasteiger partial charge on any atom is 0.248 e. The van der Waals surface area contributed by atoms with Crippen LogP contribution >= 0.6 is 23.2 Å². The van der Waals surface area contributed by atoms with Gasteiger partial charge in [-0.05, 0) is 59.4 Å². The van der Waals surface area contributed by atoms with Crippen molar-refractivity contribution in [3.05, 3.63) is 93.0 Å². The smallest absolute Gasteiger partial charge is 0.248 e. The molecule has 3 aromatic carbocycles. The van der Waals surface area contributed by atoms with Gasteiger partial charge in [0.15, 0.2) is 5.82 Å². The van der Waals surface area contributed by atoms with Crippen LogP contribution in [0.2, 0.25) is 10.0 Å². The minimum atomic E-state index is -1.60. The molecule has 0 saturated carbocycles. The molecule has 2 aliphatic rings. The van der Waals surface area contributed by atoms with E-state index in [1.54, 1.807) is 12.1 Å². The highest BCUT2D eigenvalue weighted by Crippen LogP contribution is 2.57. The first kappa shape index (κ1) is 29.0. The van der Waals surface area contributed by atoms with Crippen molar-refractivity contribution in [3.8, 4) is 0 Å². The average molecular weight is 601 g/mol. The zero-order valence-electron chi connectivity index (χ0n) is 22.4. The molecule has 214 valence electrons. The third kappa shape index (κ3) is 4.86. The molecular weight excluding hydrogens is 573 g/mol. The van der Waals surface area contributed by atoms with Gasteiger partial charge < -0.3 is 21.7 Å². The second kappa shape index (κ2) is 10.4. The van der Waals surface area contributed by atoms with Crippen molar-refractivity contribution in [2.45, 2.75) is 50.6 Å². The van der Waals surface area contributed by atoms with Crippen molar-refractivity contribution in [1.29, 1.82) is 0 Å². The van der Waals surface area contributed by atoms with Crippen molar-refractivity contribution in [2.75, 3.05) is 10.6 Å². The van der Waals surface area contributed by atoms with E-state index in [2.05, 4.69) is 16.0 Å². The van der Waals surface area contributed by atoms with Crippen LogP contribution in [-0.2, 0) is 15.0 Å². The van der Waals surface area contributed by atoms with Gasteiger partial charge in [0.1, 0.15) is 11.2 Å². The highest BCUT2D eigenvalue weighted by molar-refractivity contribution is 6.31. The quantitative estimate of drug-likeness (QED) is 0.298. The topological polar surface area (TPSA) is 113 Å². The summed E-state index contributed by atoms with van der Waals surface area (Å²) in [6.07, 6.45) is 0.375. The largest absolute Gasteiger partial charge is 0.366 e. The first-order valence-corrected chi connectivity index (χ1v) is 13.7. The number of primary amides is 1. The van der Waals surface area contributed by atoms with Crippen LogP contribution in [0.5, 0.6) is 0 Å². The number of hydrogen-bond donors (Lipinski definition) is 4. The van der Waals surface area contributed by atoms with Crippen LogP contribution in [0.4, 0.5) is 20.2 Å². The van der Waals surface area contributed by atoms with E-state index in [9.17, 15) is 14.4 Å². The number of nitrogens with one attached hydrogen (secondary N) is 3. The number of carbonyl (C=O) groups is 3. The molecule has 4 atom stereocenters. The number of anilines is 2. The van der Waals surface area contributed by atoms with Crippen LogP contribution in [0.15, 0.2) is 54.6 Å². The number of carbonyl (C=O) groups excluding carboxylic acids is 3. The molecule has 7 nitrogen and oxygen atoms in total. The number of amides is 3. The first-order chi connectivity index (χ1) is 19.3. The Morgan fingerprint density at radius 3 is 2.29 bits per heavy atom. The van der Waals surface area contributed by atoms with E-state index in [4.69, 9.17) is 28.9 Å². The molecule has 0 aliphatic carbocycles. The van der Waals surface area contributed by atoms with Crippen molar-refractivity contribution < 1.29 is 23.2 Å². The molecule has 1 spiro atoms. The van der Waals surface area contributed by atoms with Crippen molar-refractivity contribution in [3.63, 3.8) is 0 Å². The monoisotopic (exact) mass is 600 g/mol. The average Bonchev–Trinajstić information content (AvgIpc) is 3.38. The highest BCUT2D eigenvalue weighted by atomic mass is 35.5. The molecule has 5 rings (SSSR count). The fourth-order valence-corrected chi connectivity index (χ4v) is 6.46. The molecule has 0 bridgehead atoms. The van der Waals surface area contributed by atoms with Gasteiger partial charge in [0, 0.05) is 23.2 Å². The van der Waals surface area contributed by atoms with Gasteiger partial charge in [-0.2, -0.15) is 0 Å². The lowest BCUT2D eigenvalue weighted by Gasteiger charge is -2.37. The third-order valence-electron chi connectivity index (χ3n) is 7.76. The molecule has 41 heavy (non-hydrogen) atoms. The molecular formula is C30H28Cl2F2N4O3. The van der Waals surface area contributed by atoms with Gasteiger partial charge in [0.05, 0.1) is 21.8 Å². The molecule has 11 heteroatoms. The number of fused-ring (bicyclic) bond motifs is 2. The van der Waals surface area contributed by atoms with Crippen LogP contribution in [0.3, 0.4) is 0 Å². The molecule has 1 unspecified atom stereocenters. The lowest BCUT2D eigenvalue weighted by molar-refractivity contribution is -0.122. The van der Waals surface area contributed by atoms with Crippen molar-refractivity contribution >= 4 is 52.3 Å². The Hall–Kier alpha value is -3.53. The molecule has 2 aliphatic heterocycles. The summed E-state index contributed by atoms with van der Waals surface area (Å²) in [7, 11) is 0. The number of benzene rings is 3. The summed E-state index contributed by atoms with van der Waals surface area (Å²) in [6.45, 7) is 5.92. The Morgan fingerprint density at radius 1 is 1.00 bits per heavy atom. The van der Waals surface area contributed by atoms with E-state index in [-0.39, 0.29) is 37.8 Å². The van der Waals surface area contributed by atoms with E-state index in [0.717, 1.165) is 0 Å². The molecule has 3 amide bonds. The van der Waals surface area contributed by atoms with Crippen molar-refractivity contribution in [1.82, 2.24) is 5.32 Å². The third-order valence-corrected chi connectivity index (χ3v) is 8.35. The van der Waals surface area contributed by atoms with Crippen LogP contribution in [-0.4, -0.2) is 29.8 Å². The Kier molecular flexibility index (Phi) is 7.34. The van der Waals surface area contributed by atoms with Gasteiger partial charge in [0.2, 0.25) is 17.7 Å². The summed E-state index contributed by atoms with van der Waals surface area (Å²) in [6, 6.07) is 11.4. The zero-order valence-corrected chi connectivity index (χ0v) is 24.0. The summed E-state index contributed by atoms with van der Waals surface area (Å²) in [5.74, 6) is -4.50. The Balaban J connectivity index is 1.71. The maximum atomic E-state index is 15.8. The van der Waals surface area contributed by atoms with Crippen LogP contribution in [0, 0.1) is 17.0 Å². The zero-order chi connectivity index (χ0) is 29.9. The maximum absolute atomic E-state index is 15.8. The van der Waals surface area contributed by atoms with E-state index >= 15 is 8.78 Å². The SMILES string of the molecule is CC(C)(C)C[C@@H]1N[C@@H](C(=O)Nc2ccc(C(N)=O)cc2)[C@@H](c2cccc(Cl)c2F)C12C(=O)Nc1c2ccc(Cl)c1F. The number of nitrogens with two attached hydrogens (primary N) is 1. The van der Waals surface area contributed by atoms with Crippen LogP contribution in [0.1, 0.15) is 54.6 Å². The Morgan fingerprint density at radius 2 is 1.66 bits per heavy atom. The fourth-order valence-electron chi connectivity index (χ4n) is 6.12. The molecule has 0 radical (unpaired) electrons. The predicted octanol–water partition coefficient (Wildman–Crippen LogP) is 5.76. The van der Waals surface area contributed by atoms with Gasteiger partial charge in [0.25, 0.3) is 0 Å². The van der Waals surface area contributed by atoms with Gasteiger partial charge in [-0.15, -0.1) is 0 Å². The molecule has 1 saturated heterocycles. The van der Waals surface area contributed by atoms with E-state index in [0.29, 0.717) is 12.1 Å².